The van der Waals surface area contributed by atoms with E-state index in [0.29, 0.717) is 16.7 Å². The SMILES string of the molecule is CC(=N)C1CCC2C3CCI4CC(C)(C)CCC4C3CCC12C. The normalized spacial score (nSPS) is 49.9. The molecule has 2 aliphatic carbocycles. The first-order valence-electron chi connectivity index (χ1n) is 9.97. The summed E-state index contributed by atoms with van der Waals surface area (Å²) in [5.41, 5.74) is 2.14. The first-order valence-corrected chi connectivity index (χ1v) is 14.3. The third kappa shape index (κ3) is 2.64. The van der Waals surface area contributed by atoms with Crippen molar-refractivity contribution in [2.45, 2.75) is 76.6 Å². The summed E-state index contributed by atoms with van der Waals surface area (Å²) in [6, 6.07) is 0. The average molecular weight is 429 g/mol. The van der Waals surface area contributed by atoms with Crippen molar-refractivity contribution in [3.8, 4) is 0 Å². The number of hydrogen-bond donors (Lipinski definition) is 1. The van der Waals surface area contributed by atoms with Gasteiger partial charge in [0, 0.05) is 0 Å². The first kappa shape index (κ1) is 16.8. The molecule has 4 aliphatic rings. The Bertz CT molecular complexity index is 498. The molecule has 2 saturated carbocycles. The summed E-state index contributed by atoms with van der Waals surface area (Å²) in [6.07, 6.45) is 10.4. The van der Waals surface area contributed by atoms with Gasteiger partial charge in [0.05, 0.1) is 0 Å². The quantitative estimate of drug-likeness (QED) is 0.292. The zero-order valence-electron chi connectivity index (χ0n) is 15.6. The molecule has 132 valence electrons. The van der Waals surface area contributed by atoms with Crippen LogP contribution < -0.4 is 0 Å². The molecule has 6 atom stereocenters. The second-order valence-corrected chi connectivity index (χ2v) is 16.4. The van der Waals surface area contributed by atoms with Gasteiger partial charge in [0.25, 0.3) is 0 Å². The minimum absolute atomic E-state index is 0.483. The van der Waals surface area contributed by atoms with Crippen LogP contribution in [-0.2, 0) is 0 Å². The van der Waals surface area contributed by atoms with Crippen molar-refractivity contribution in [1.82, 2.24) is 0 Å². The number of alkyl halides is 3. The second-order valence-electron chi connectivity index (χ2n) is 10.1. The Balaban J connectivity index is 1.56. The van der Waals surface area contributed by atoms with Crippen LogP contribution in [0, 0.1) is 39.9 Å². The van der Waals surface area contributed by atoms with Crippen LogP contribution in [-0.4, -0.2) is 18.5 Å². The number of halogens is 1. The predicted molar refractivity (Wildman–Crippen MR) is 109 cm³/mol. The fourth-order valence-corrected chi connectivity index (χ4v) is 16.8. The van der Waals surface area contributed by atoms with Gasteiger partial charge in [0.1, 0.15) is 0 Å². The van der Waals surface area contributed by atoms with E-state index in [1.165, 1.54) is 36.0 Å². The molecule has 2 heterocycles. The molecule has 2 heteroatoms. The summed E-state index contributed by atoms with van der Waals surface area (Å²) in [6.45, 7) is 9.73. The van der Waals surface area contributed by atoms with Crippen molar-refractivity contribution in [1.29, 1.82) is 5.41 Å². The molecule has 0 aromatic carbocycles. The van der Waals surface area contributed by atoms with Gasteiger partial charge in [-0.1, -0.05) is 0 Å². The molecule has 1 nitrogen and oxygen atoms in total. The van der Waals surface area contributed by atoms with Crippen molar-refractivity contribution in [3.63, 3.8) is 0 Å². The Kier molecular flexibility index (Phi) is 4.18. The molecule has 1 N–H and O–H groups in total. The van der Waals surface area contributed by atoms with Gasteiger partial charge >= 0.3 is 151 Å². The number of nitrogens with one attached hydrogen (secondary N) is 1. The van der Waals surface area contributed by atoms with Gasteiger partial charge in [-0.05, 0) is 0 Å². The summed E-state index contributed by atoms with van der Waals surface area (Å²) >= 11 is -0.686. The Morgan fingerprint density at radius 1 is 0.957 bits per heavy atom. The minimum atomic E-state index is -0.686. The second kappa shape index (κ2) is 5.71. The summed E-state index contributed by atoms with van der Waals surface area (Å²) < 4.78 is 4.52. The zero-order valence-corrected chi connectivity index (χ0v) is 17.8. The first-order chi connectivity index (χ1) is 10.8. The third-order valence-corrected chi connectivity index (χ3v) is 17.1. The van der Waals surface area contributed by atoms with Crippen molar-refractivity contribution < 1.29 is 0 Å². The fourth-order valence-electron chi connectivity index (χ4n) is 7.12. The van der Waals surface area contributed by atoms with Crippen LogP contribution in [0.5, 0.6) is 0 Å². The molecule has 4 fully saturated rings. The van der Waals surface area contributed by atoms with Gasteiger partial charge in [-0.25, -0.2) is 0 Å². The van der Waals surface area contributed by atoms with E-state index >= 15 is 0 Å². The molecule has 2 saturated heterocycles. The third-order valence-electron chi connectivity index (χ3n) is 8.19. The number of rotatable bonds is 1. The maximum absolute atomic E-state index is 8.27. The number of fused-ring (bicyclic) bond motifs is 5. The Morgan fingerprint density at radius 3 is 2.48 bits per heavy atom. The molecule has 4 rings (SSSR count). The summed E-state index contributed by atoms with van der Waals surface area (Å²) in [5, 5.41) is 8.27. The summed E-state index contributed by atoms with van der Waals surface area (Å²) in [4.78, 5) is 0. The molecular formula is C21H36IN. The van der Waals surface area contributed by atoms with E-state index < -0.39 is 19.8 Å². The van der Waals surface area contributed by atoms with E-state index in [1.54, 1.807) is 21.7 Å². The van der Waals surface area contributed by atoms with E-state index in [2.05, 4.69) is 27.7 Å². The molecular weight excluding hydrogens is 393 g/mol. The van der Waals surface area contributed by atoms with E-state index in [0.717, 1.165) is 23.5 Å². The van der Waals surface area contributed by atoms with Crippen molar-refractivity contribution in [2.75, 3.05) is 8.86 Å². The summed E-state index contributed by atoms with van der Waals surface area (Å²) in [5.74, 6) is 3.71. The van der Waals surface area contributed by atoms with Gasteiger partial charge < -0.3 is 0 Å². The maximum atomic E-state index is 8.27. The van der Waals surface area contributed by atoms with Gasteiger partial charge in [-0.3, -0.25) is 0 Å². The fraction of sp³-hybridized carbons (Fsp3) is 0.952. The van der Waals surface area contributed by atoms with Crippen molar-refractivity contribution in [2.24, 2.45) is 34.5 Å². The van der Waals surface area contributed by atoms with Crippen LogP contribution in [0.3, 0.4) is 0 Å². The average Bonchev–Trinajstić information content (AvgIpc) is 2.83. The molecule has 0 radical (unpaired) electrons. The number of hydrogen-bond acceptors (Lipinski definition) is 1. The van der Waals surface area contributed by atoms with Gasteiger partial charge in [0.15, 0.2) is 0 Å². The monoisotopic (exact) mass is 429 g/mol. The molecule has 2 aliphatic heterocycles. The molecule has 6 unspecified atom stereocenters. The van der Waals surface area contributed by atoms with Gasteiger partial charge in [0.2, 0.25) is 0 Å². The van der Waals surface area contributed by atoms with Crippen LogP contribution in [0.2, 0.25) is 0 Å². The van der Waals surface area contributed by atoms with E-state index in [-0.39, 0.29) is 0 Å². The molecule has 0 aromatic rings. The van der Waals surface area contributed by atoms with Gasteiger partial charge in [-0.2, -0.15) is 0 Å². The Morgan fingerprint density at radius 2 is 1.74 bits per heavy atom. The topological polar surface area (TPSA) is 23.9 Å². The molecule has 0 spiro atoms. The zero-order chi connectivity index (χ0) is 16.4. The van der Waals surface area contributed by atoms with E-state index in [9.17, 15) is 0 Å². The Hall–Kier alpha value is 0.400. The van der Waals surface area contributed by atoms with Crippen LogP contribution in [0.4, 0.5) is 0 Å². The van der Waals surface area contributed by atoms with Crippen molar-refractivity contribution in [3.05, 3.63) is 0 Å². The summed E-state index contributed by atoms with van der Waals surface area (Å²) in [7, 11) is 0. The molecule has 0 aromatic heterocycles. The molecule has 0 amide bonds. The van der Waals surface area contributed by atoms with Crippen LogP contribution >= 0.6 is 19.8 Å². The van der Waals surface area contributed by atoms with Gasteiger partial charge in [-0.15, -0.1) is 0 Å². The van der Waals surface area contributed by atoms with Crippen LogP contribution in [0.25, 0.3) is 0 Å². The van der Waals surface area contributed by atoms with Crippen LogP contribution in [0.1, 0.15) is 72.6 Å². The predicted octanol–water partition coefficient (Wildman–Crippen LogP) is 6.18. The van der Waals surface area contributed by atoms with Crippen molar-refractivity contribution >= 4 is 25.5 Å². The van der Waals surface area contributed by atoms with E-state index in [1.807, 2.05) is 0 Å². The molecule has 0 bridgehead atoms. The van der Waals surface area contributed by atoms with E-state index in [4.69, 9.17) is 5.41 Å². The Labute approximate surface area is 150 Å². The van der Waals surface area contributed by atoms with Crippen LogP contribution in [0.15, 0.2) is 0 Å². The molecule has 23 heavy (non-hydrogen) atoms. The standard InChI is InChI=1S/C21H36IN/c1-14(23)17-5-6-18-15-9-12-22-13-20(2,3)10-8-19(22)16(15)7-11-21(17,18)4/h15-19,23H,5-13H2,1-4H3.